The van der Waals surface area contributed by atoms with E-state index in [1.54, 1.807) is 11.3 Å². The van der Waals surface area contributed by atoms with Crippen LogP contribution in [0.5, 0.6) is 0 Å². The maximum absolute atomic E-state index is 5.74. The zero-order valence-corrected chi connectivity index (χ0v) is 13.0. The van der Waals surface area contributed by atoms with Crippen LogP contribution in [-0.2, 0) is 11.3 Å². The maximum atomic E-state index is 5.74. The van der Waals surface area contributed by atoms with Gasteiger partial charge in [-0.2, -0.15) is 0 Å². The molecule has 1 unspecified atom stereocenters. The summed E-state index contributed by atoms with van der Waals surface area (Å²) >= 11 is 1.75. The molecule has 1 atom stereocenters. The average Bonchev–Trinajstić information content (AvgIpc) is 2.86. The van der Waals surface area contributed by atoms with Gasteiger partial charge in [0.25, 0.3) is 0 Å². The van der Waals surface area contributed by atoms with E-state index in [4.69, 9.17) is 9.72 Å². The Hall–Kier alpha value is -0.650. The molecule has 1 aromatic rings. The highest BCUT2D eigenvalue weighted by Crippen LogP contribution is 2.25. The summed E-state index contributed by atoms with van der Waals surface area (Å²) in [6.45, 7) is 10.1. The number of anilines is 1. The van der Waals surface area contributed by atoms with Crippen molar-refractivity contribution in [3.05, 3.63) is 11.1 Å². The van der Waals surface area contributed by atoms with Gasteiger partial charge in [-0.3, -0.25) is 0 Å². The van der Waals surface area contributed by atoms with Crippen LogP contribution in [0.2, 0.25) is 0 Å². The molecule has 1 saturated heterocycles. The van der Waals surface area contributed by atoms with Gasteiger partial charge in [-0.05, 0) is 19.8 Å². The van der Waals surface area contributed by atoms with E-state index in [1.165, 1.54) is 12.8 Å². The van der Waals surface area contributed by atoms with Gasteiger partial charge in [-0.1, -0.05) is 13.8 Å². The van der Waals surface area contributed by atoms with Crippen molar-refractivity contribution in [1.29, 1.82) is 0 Å². The number of rotatable bonds is 6. The van der Waals surface area contributed by atoms with Crippen LogP contribution in [0.4, 0.5) is 5.13 Å². The van der Waals surface area contributed by atoms with E-state index in [9.17, 15) is 0 Å². The zero-order valence-electron chi connectivity index (χ0n) is 12.2. The topological polar surface area (TPSA) is 37.4 Å². The highest BCUT2D eigenvalue weighted by Gasteiger charge is 2.22. The lowest BCUT2D eigenvalue weighted by molar-refractivity contribution is 0.0526. The summed E-state index contributed by atoms with van der Waals surface area (Å²) < 4.78 is 5.74. The molecule has 2 heterocycles. The van der Waals surface area contributed by atoms with Crippen LogP contribution in [0.1, 0.15) is 39.3 Å². The lowest BCUT2D eigenvalue weighted by Gasteiger charge is -2.32. The minimum absolute atomic E-state index is 0.375. The molecule has 1 aromatic heterocycles. The van der Waals surface area contributed by atoms with Gasteiger partial charge in [0.1, 0.15) is 0 Å². The monoisotopic (exact) mass is 283 g/mol. The average molecular weight is 283 g/mol. The molecule has 1 aliphatic heterocycles. The summed E-state index contributed by atoms with van der Waals surface area (Å²) in [5.74, 6) is 0. The quantitative estimate of drug-likeness (QED) is 0.871. The number of nitrogens with one attached hydrogen (secondary N) is 1. The number of hydrogen-bond donors (Lipinski definition) is 1. The van der Waals surface area contributed by atoms with E-state index in [-0.39, 0.29) is 0 Å². The third-order valence-corrected chi connectivity index (χ3v) is 4.23. The lowest BCUT2D eigenvalue weighted by Crippen LogP contribution is -2.39. The maximum Gasteiger partial charge on any atom is 0.185 e. The van der Waals surface area contributed by atoms with Crippen molar-refractivity contribution >= 4 is 16.5 Å². The number of piperidine rings is 1. The molecule has 1 N–H and O–H groups in total. The van der Waals surface area contributed by atoms with Gasteiger partial charge >= 0.3 is 0 Å². The number of ether oxygens (including phenoxy) is 1. The number of nitrogens with zero attached hydrogens (tertiary/aromatic N) is 2. The second-order valence-corrected chi connectivity index (χ2v) is 6.16. The van der Waals surface area contributed by atoms with Crippen LogP contribution < -0.4 is 10.2 Å². The summed E-state index contributed by atoms with van der Waals surface area (Å²) in [5.41, 5.74) is 1.15. The van der Waals surface area contributed by atoms with E-state index >= 15 is 0 Å². The molecule has 1 fully saturated rings. The molecule has 0 saturated carbocycles. The third-order valence-electron chi connectivity index (χ3n) is 3.28. The van der Waals surface area contributed by atoms with Gasteiger partial charge in [0, 0.05) is 37.7 Å². The van der Waals surface area contributed by atoms with Crippen LogP contribution in [0, 0.1) is 0 Å². The van der Waals surface area contributed by atoms with Crippen LogP contribution in [0.3, 0.4) is 0 Å². The van der Waals surface area contributed by atoms with Crippen molar-refractivity contribution in [2.24, 2.45) is 0 Å². The number of aromatic nitrogens is 1. The minimum Gasteiger partial charge on any atom is -0.377 e. The molecule has 2 rings (SSSR count). The predicted octanol–water partition coefficient (Wildman–Crippen LogP) is 2.65. The Morgan fingerprint density at radius 2 is 2.42 bits per heavy atom. The van der Waals surface area contributed by atoms with Gasteiger partial charge in [0.15, 0.2) is 5.13 Å². The summed E-state index contributed by atoms with van der Waals surface area (Å²) in [5, 5.41) is 6.71. The van der Waals surface area contributed by atoms with Gasteiger partial charge in [-0.15, -0.1) is 11.3 Å². The Bertz CT molecular complexity index is 379. The Kier molecular flexibility index (Phi) is 5.60. The van der Waals surface area contributed by atoms with E-state index in [1.807, 2.05) is 0 Å². The fourth-order valence-corrected chi connectivity index (χ4v) is 3.18. The van der Waals surface area contributed by atoms with Crippen LogP contribution in [-0.4, -0.2) is 36.8 Å². The van der Waals surface area contributed by atoms with Gasteiger partial charge in [0.05, 0.1) is 11.8 Å². The molecular formula is C14H25N3OS. The second kappa shape index (κ2) is 7.22. The number of thiazole rings is 1. The fourth-order valence-electron chi connectivity index (χ4n) is 2.32. The molecule has 4 nitrogen and oxygen atoms in total. The van der Waals surface area contributed by atoms with Crippen molar-refractivity contribution in [1.82, 2.24) is 10.3 Å². The van der Waals surface area contributed by atoms with Crippen molar-refractivity contribution in [2.45, 2.75) is 52.3 Å². The minimum atomic E-state index is 0.375. The van der Waals surface area contributed by atoms with Gasteiger partial charge < -0.3 is 15.0 Å². The highest BCUT2D eigenvalue weighted by atomic mass is 32.1. The largest absolute Gasteiger partial charge is 0.377 e. The van der Waals surface area contributed by atoms with Crippen LogP contribution in [0.25, 0.3) is 0 Å². The summed E-state index contributed by atoms with van der Waals surface area (Å²) in [6, 6.07) is 0.502. The first-order chi connectivity index (χ1) is 9.19. The second-order valence-electron chi connectivity index (χ2n) is 5.32. The van der Waals surface area contributed by atoms with Crippen LogP contribution in [0.15, 0.2) is 5.38 Å². The standard InChI is InChI=1S/C14H25N3OS/c1-4-18-13-6-5-7-17(9-13)14-16-12(10-19-14)8-15-11(2)3/h10-11,13,15H,4-9H2,1-3H3. The van der Waals surface area contributed by atoms with Crippen molar-refractivity contribution in [2.75, 3.05) is 24.6 Å². The summed E-state index contributed by atoms with van der Waals surface area (Å²) in [4.78, 5) is 7.10. The van der Waals surface area contributed by atoms with E-state index in [0.29, 0.717) is 12.1 Å². The van der Waals surface area contributed by atoms with E-state index < -0.39 is 0 Å². The Morgan fingerprint density at radius 1 is 1.58 bits per heavy atom. The van der Waals surface area contributed by atoms with E-state index in [0.717, 1.165) is 37.1 Å². The first-order valence-electron chi connectivity index (χ1n) is 7.23. The first-order valence-corrected chi connectivity index (χ1v) is 8.11. The Morgan fingerprint density at radius 3 is 3.16 bits per heavy atom. The molecule has 0 aliphatic carbocycles. The molecule has 108 valence electrons. The lowest BCUT2D eigenvalue weighted by atomic mass is 10.1. The molecule has 0 amide bonds. The molecule has 0 bridgehead atoms. The van der Waals surface area contributed by atoms with E-state index in [2.05, 4.69) is 36.4 Å². The predicted molar refractivity (Wildman–Crippen MR) is 81.0 cm³/mol. The van der Waals surface area contributed by atoms with Crippen molar-refractivity contribution < 1.29 is 4.74 Å². The highest BCUT2D eigenvalue weighted by molar-refractivity contribution is 7.13. The molecule has 0 aromatic carbocycles. The molecular weight excluding hydrogens is 258 g/mol. The fraction of sp³-hybridized carbons (Fsp3) is 0.786. The third kappa shape index (κ3) is 4.44. The SMILES string of the molecule is CCOC1CCCN(c2nc(CNC(C)C)cs2)C1. The van der Waals surface area contributed by atoms with Crippen LogP contribution >= 0.6 is 11.3 Å². The number of hydrogen-bond acceptors (Lipinski definition) is 5. The zero-order chi connectivity index (χ0) is 13.7. The molecule has 0 radical (unpaired) electrons. The first kappa shape index (κ1) is 14.8. The molecule has 19 heavy (non-hydrogen) atoms. The Labute approximate surface area is 120 Å². The van der Waals surface area contributed by atoms with Crippen molar-refractivity contribution in [3.63, 3.8) is 0 Å². The summed E-state index contributed by atoms with van der Waals surface area (Å²) in [7, 11) is 0. The molecule has 0 spiro atoms. The molecule has 1 aliphatic rings. The van der Waals surface area contributed by atoms with Gasteiger partial charge in [0.2, 0.25) is 0 Å². The van der Waals surface area contributed by atoms with Crippen molar-refractivity contribution in [3.8, 4) is 0 Å². The smallest absolute Gasteiger partial charge is 0.185 e. The Balaban J connectivity index is 1.90. The normalized spacial score (nSPS) is 20.2. The molecule has 5 heteroatoms. The summed E-state index contributed by atoms with van der Waals surface area (Å²) in [6.07, 6.45) is 2.75. The van der Waals surface area contributed by atoms with Gasteiger partial charge in [-0.25, -0.2) is 4.98 Å².